The van der Waals surface area contributed by atoms with Crippen LogP contribution in [0.15, 0.2) is 18.5 Å². The maximum Gasteiger partial charge on any atom is 0.247 e. The third-order valence-corrected chi connectivity index (χ3v) is 3.50. The Morgan fingerprint density at radius 3 is 3.06 bits per heavy atom. The zero-order valence-corrected chi connectivity index (χ0v) is 11.2. The molecule has 1 aliphatic rings. The third-order valence-electron chi connectivity index (χ3n) is 3.50. The van der Waals surface area contributed by atoms with Gasteiger partial charge in [0.2, 0.25) is 5.91 Å². The van der Waals surface area contributed by atoms with E-state index in [4.69, 9.17) is 0 Å². The van der Waals surface area contributed by atoms with Gasteiger partial charge < -0.3 is 10.2 Å². The van der Waals surface area contributed by atoms with Crippen LogP contribution in [0.1, 0.15) is 32.7 Å². The van der Waals surface area contributed by atoms with Crippen LogP contribution in [0.2, 0.25) is 0 Å². The van der Waals surface area contributed by atoms with Crippen LogP contribution in [-0.2, 0) is 4.79 Å². The van der Waals surface area contributed by atoms with E-state index >= 15 is 0 Å². The van der Waals surface area contributed by atoms with Crippen LogP contribution < -0.4 is 5.32 Å². The molecule has 0 radical (unpaired) electrons. The molecule has 1 amide bonds. The normalized spacial score (nSPS) is 20.9. The molecule has 1 fully saturated rings. The summed E-state index contributed by atoms with van der Waals surface area (Å²) in [7, 11) is 0. The summed E-state index contributed by atoms with van der Waals surface area (Å²) in [6, 6.07) is 1.98. The molecule has 2 rings (SSSR count). The number of carbonyl (C=O) groups is 1. The van der Waals surface area contributed by atoms with Gasteiger partial charge in [-0.3, -0.25) is 9.48 Å². The van der Waals surface area contributed by atoms with Crippen molar-refractivity contribution in [3.05, 3.63) is 18.5 Å². The smallest absolute Gasteiger partial charge is 0.247 e. The fraction of sp³-hybridized carbons (Fsp3) is 0.692. The fourth-order valence-electron chi connectivity index (χ4n) is 2.48. The van der Waals surface area contributed by atoms with Crippen molar-refractivity contribution in [1.82, 2.24) is 20.0 Å². The van der Waals surface area contributed by atoms with Crippen LogP contribution in [0.25, 0.3) is 0 Å². The van der Waals surface area contributed by atoms with Gasteiger partial charge in [-0.05, 0) is 32.4 Å². The Morgan fingerprint density at radius 1 is 1.67 bits per heavy atom. The molecule has 1 N–H and O–H groups in total. The van der Waals surface area contributed by atoms with Crippen LogP contribution in [0.5, 0.6) is 0 Å². The molecule has 1 aromatic heterocycles. The maximum atomic E-state index is 12.6. The lowest BCUT2D eigenvalue weighted by Crippen LogP contribution is -2.45. The lowest BCUT2D eigenvalue weighted by atomic mass is 10.1. The summed E-state index contributed by atoms with van der Waals surface area (Å²) in [5.41, 5.74) is 0. The van der Waals surface area contributed by atoms with E-state index in [1.807, 2.05) is 24.1 Å². The van der Waals surface area contributed by atoms with Gasteiger partial charge in [-0.1, -0.05) is 6.92 Å². The Bertz CT molecular complexity index is 370. The number of hydrogen-bond acceptors (Lipinski definition) is 3. The van der Waals surface area contributed by atoms with E-state index in [-0.39, 0.29) is 11.9 Å². The molecular weight excluding hydrogens is 228 g/mol. The molecule has 0 aliphatic carbocycles. The van der Waals surface area contributed by atoms with Crippen molar-refractivity contribution in [3.63, 3.8) is 0 Å². The Hall–Kier alpha value is -1.36. The zero-order valence-electron chi connectivity index (χ0n) is 11.2. The molecule has 0 saturated carbocycles. The molecule has 0 spiro atoms. The van der Waals surface area contributed by atoms with Gasteiger partial charge in [0, 0.05) is 31.5 Å². The van der Waals surface area contributed by atoms with Gasteiger partial charge in [-0.15, -0.1) is 0 Å². The first kappa shape index (κ1) is 13.1. The number of hydrogen-bond donors (Lipinski definition) is 1. The van der Waals surface area contributed by atoms with Gasteiger partial charge in [0.25, 0.3) is 0 Å². The van der Waals surface area contributed by atoms with E-state index < -0.39 is 0 Å². The SMILES string of the molecule is CCCN(C(=O)C(C)n1cccn1)C1CCNC1. The number of aromatic nitrogens is 2. The van der Waals surface area contributed by atoms with Gasteiger partial charge >= 0.3 is 0 Å². The molecule has 1 saturated heterocycles. The van der Waals surface area contributed by atoms with Crippen molar-refractivity contribution in [2.75, 3.05) is 19.6 Å². The van der Waals surface area contributed by atoms with Crippen LogP contribution in [-0.4, -0.2) is 46.3 Å². The van der Waals surface area contributed by atoms with E-state index in [9.17, 15) is 4.79 Å². The number of nitrogens with zero attached hydrogens (tertiary/aromatic N) is 3. The molecule has 2 heterocycles. The minimum Gasteiger partial charge on any atom is -0.337 e. The molecule has 5 heteroatoms. The van der Waals surface area contributed by atoms with Gasteiger partial charge in [-0.25, -0.2) is 0 Å². The first-order valence-corrected chi connectivity index (χ1v) is 6.74. The molecule has 2 unspecified atom stereocenters. The van der Waals surface area contributed by atoms with Crippen molar-refractivity contribution in [2.45, 2.75) is 38.8 Å². The molecule has 1 aliphatic heterocycles. The van der Waals surface area contributed by atoms with Gasteiger partial charge in [-0.2, -0.15) is 5.10 Å². The summed E-state index contributed by atoms with van der Waals surface area (Å²) >= 11 is 0. The summed E-state index contributed by atoms with van der Waals surface area (Å²) in [5.74, 6) is 0.175. The van der Waals surface area contributed by atoms with Gasteiger partial charge in [0.15, 0.2) is 0 Å². The van der Waals surface area contributed by atoms with E-state index in [1.54, 1.807) is 10.9 Å². The standard InChI is InChI=1S/C13H22N4O/c1-3-8-16(12-5-7-14-10-12)13(18)11(2)17-9-4-6-15-17/h4,6,9,11-12,14H,3,5,7-8,10H2,1-2H3. The van der Waals surface area contributed by atoms with Crippen LogP contribution in [0.3, 0.4) is 0 Å². The Labute approximate surface area is 108 Å². The second-order valence-electron chi connectivity index (χ2n) is 4.84. The number of rotatable bonds is 5. The topological polar surface area (TPSA) is 50.2 Å². The predicted molar refractivity (Wildman–Crippen MR) is 70.2 cm³/mol. The number of nitrogens with one attached hydrogen (secondary N) is 1. The van der Waals surface area contributed by atoms with Crippen molar-refractivity contribution in [1.29, 1.82) is 0 Å². The summed E-state index contributed by atoms with van der Waals surface area (Å²) in [5, 5.41) is 7.48. The van der Waals surface area contributed by atoms with Gasteiger partial charge in [0.05, 0.1) is 0 Å². The molecule has 0 aromatic carbocycles. The Morgan fingerprint density at radius 2 is 2.50 bits per heavy atom. The lowest BCUT2D eigenvalue weighted by molar-refractivity contribution is -0.136. The quantitative estimate of drug-likeness (QED) is 0.849. The van der Waals surface area contributed by atoms with Crippen molar-refractivity contribution < 1.29 is 4.79 Å². The molecule has 0 bridgehead atoms. The molecule has 1 aromatic rings. The predicted octanol–water partition coefficient (Wildman–Crippen LogP) is 1.04. The van der Waals surface area contributed by atoms with Crippen LogP contribution >= 0.6 is 0 Å². The van der Waals surface area contributed by atoms with Gasteiger partial charge in [0.1, 0.15) is 6.04 Å². The highest BCUT2D eigenvalue weighted by atomic mass is 16.2. The lowest BCUT2D eigenvalue weighted by Gasteiger charge is -2.30. The summed E-state index contributed by atoms with van der Waals surface area (Å²) in [4.78, 5) is 14.6. The molecule has 5 nitrogen and oxygen atoms in total. The highest BCUT2D eigenvalue weighted by Crippen LogP contribution is 2.15. The maximum absolute atomic E-state index is 12.6. The fourth-order valence-corrected chi connectivity index (χ4v) is 2.48. The van der Waals surface area contributed by atoms with Crippen molar-refractivity contribution in [3.8, 4) is 0 Å². The summed E-state index contributed by atoms with van der Waals surface area (Å²) < 4.78 is 1.73. The number of amides is 1. The zero-order chi connectivity index (χ0) is 13.0. The highest BCUT2D eigenvalue weighted by molar-refractivity contribution is 5.80. The highest BCUT2D eigenvalue weighted by Gasteiger charge is 2.29. The largest absolute Gasteiger partial charge is 0.337 e. The second-order valence-corrected chi connectivity index (χ2v) is 4.84. The molecule has 2 atom stereocenters. The third kappa shape index (κ3) is 2.72. The summed E-state index contributed by atoms with van der Waals surface area (Å²) in [6.07, 6.45) is 5.61. The first-order chi connectivity index (χ1) is 8.74. The molecular formula is C13H22N4O. The Balaban J connectivity index is 2.07. The van der Waals surface area contributed by atoms with E-state index in [2.05, 4.69) is 17.3 Å². The average molecular weight is 250 g/mol. The minimum atomic E-state index is -0.216. The van der Waals surface area contributed by atoms with Crippen molar-refractivity contribution in [2.24, 2.45) is 0 Å². The average Bonchev–Trinajstić information content (AvgIpc) is 3.05. The van der Waals surface area contributed by atoms with Crippen LogP contribution in [0, 0.1) is 0 Å². The number of carbonyl (C=O) groups excluding carboxylic acids is 1. The minimum absolute atomic E-state index is 0.175. The molecule has 100 valence electrons. The summed E-state index contributed by atoms with van der Waals surface area (Å²) in [6.45, 7) is 6.78. The Kier molecular flexibility index (Phi) is 4.36. The monoisotopic (exact) mass is 250 g/mol. The van der Waals surface area contributed by atoms with Crippen molar-refractivity contribution >= 4 is 5.91 Å². The second kappa shape index (κ2) is 6.00. The molecule has 18 heavy (non-hydrogen) atoms. The van der Waals surface area contributed by atoms with E-state index in [0.717, 1.165) is 32.5 Å². The first-order valence-electron chi connectivity index (χ1n) is 6.74. The van der Waals surface area contributed by atoms with Crippen LogP contribution in [0.4, 0.5) is 0 Å². The van der Waals surface area contributed by atoms with E-state index in [1.165, 1.54) is 0 Å². The van der Waals surface area contributed by atoms with E-state index in [0.29, 0.717) is 6.04 Å².